The third-order valence-corrected chi connectivity index (χ3v) is 6.73. The molecule has 2 aromatic rings. The van der Waals surface area contributed by atoms with E-state index >= 15 is 0 Å². The second-order valence-corrected chi connectivity index (χ2v) is 10.5. The molecule has 3 amide bonds. The normalized spacial score (nSPS) is 19.6. The fraction of sp³-hybridized carbons (Fsp3) is 0.310. The van der Waals surface area contributed by atoms with Gasteiger partial charge in [0.25, 0.3) is 11.8 Å². The summed E-state index contributed by atoms with van der Waals surface area (Å²) < 4.78 is 19.9. The molecule has 222 valence electrons. The zero-order valence-electron chi connectivity index (χ0n) is 23.0. The number of allylic oxidation sites excluding steroid dienone is 2. The molecule has 2 atom stereocenters. The Morgan fingerprint density at radius 2 is 1.90 bits per heavy atom. The van der Waals surface area contributed by atoms with Gasteiger partial charge in [-0.25, -0.2) is 14.2 Å². The minimum atomic E-state index is -1.26. The molecule has 11 nitrogen and oxygen atoms in total. The van der Waals surface area contributed by atoms with Gasteiger partial charge in [-0.05, 0) is 43.2 Å². The number of carbonyl (C=O) groups excluding carboxylic acids is 5. The molecule has 0 fully saturated rings. The molecule has 1 aromatic carbocycles. The zero-order valence-corrected chi connectivity index (χ0v) is 23.8. The lowest BCUT2D eigenvalue weighted by molar-refractivity contribution is -0.151. The van der Waals surface area contributed by atoms with Crippen LogP contribution < -0.4 is 16.0 Å². The Kier molecular flexibility index (Phi) is 11.8. The average molecular weight is 599 g/mol. The number of aromatic hydroxyl groups is 1. The molecule has 0 radical (unpaired) electrons. The van der Waals surface area contributed by atoms with Crippen molar-refractivity contribution in [3.8, 4) is 5.75 Å². The number of nitrogens with one attached hydrogen (secondary N) is 3. The molecule has 0 unspecified atom stereocenters. The standard InChI is InChI=1S/C29H31FN4O7S/c1-3-23-27(38)34-25(12-18-7-9-21(36)10-8-18)29(40)41-22(6-4-5-11-42-17(2)35)15-26(37)31-16-20-13-19(30)14-24(32-20)28(39)33-23/h3-4,6-10,13-14,22,25,36H,5,11-12,15-16H2,1-2H3,(H,31,37)(H,33,39)(H,34,38)/b6-4+,23-3-/t22-,25+/m1/s1. The van der Waals surface area contributed by atoms with Crippen LogP contribution in [0.4, 0.5) is 4.39 Å². The number of thioether (sulfide) groups is 1. The van der Waals surface area contributed by atoms with Gasteiger partial charge in [-0.2, -0.15) is 0 Å². The van der Waals surface area contributed by atoms with Gasteiger partial charge in [-0.3, -0.25) is 19.2 Å². The molecule has 4 N–H and O–H groups in total. The summed E-state index contributed by atoms with van der Waals surface area (Å²) in [6, 6.07) is 6.67. The highest BCUT2D eigenvalue weighted by atomic mass is 32.2. The van der Waals surface area contributed by atoms with Gasteiger partial charge < -0.3 is 25.8 Å². The van der Waals surface area contributed by atoms with Crippen LogP contribution in [0.1, 0.15) is 48.4 Å². The summed E-state index contributed by atoms with van der Waals surface area (Å²) in [4.78, 5) is 67.4. The molecule has 2 heterocycles. The predicted molar refractivity (Wildman–Crippen MR) is 152 cm³/mol. The molecule has 3 rings (SSSR count). The minimum absolute atomic E-state index is 0.00975. The van der Waals surface area contributed by atoms with Crippen LogP contribution in [0.3, 0.4) is 0 Å². The second-order valence-electron chi connectivity index (χ2n) is 9.23. The molecule has 0 aliphatic carbocycles. The monoisotopic (exact) mass is 598 g/mol. The number of halogens is 1. The van der Waals surface area contributed by atoms with Crippen LogP contribution in [0.2, 0.25) is 0 Å². The lowest BCUT2D eigenvalue weighted by atomic mass is 10.1. The number of phenolic OH excluding ortho intramolecular Hbond substituents is 1. The van der Waals surface area contributed by atoms with Gasteiger partial charge in [-0.1, -0.05) is 36.0 Å². The molecule has 42 heavy (non-hydrogen) atoms. The Morgan fingerprint density at radius 1 is 1.17 bits per heavy atom. The molecular formula is C29H31FN4O7S. The SMILES string of the molecule is C/C=C1\NC(=O)c2cc(F)cc(n2)CNC(=O)C[C@@H](/C=C/CCSC(C)=O)OC(=O)[C@H](Cc2ccc(O)cc2)NC1=O. The van der Waals surface area contributed by atoms with Crippen molar-refractivity contribution >= 4 is 40.6 Å². The van der Waals surface area contributed by atoms with Crippen molar-refractivity contribution < 1.29 is 38.2 Å². The number of rotatable bonds is 6. The molecule has 0 saturated heterocycles. The number of esters is 1. The number of ether oxygens (including phenoxy) is 1. The highest BCUT2D eigenvalue weighted by Crippen LogP contribution is 2.15. The summed E-state index contributed by atoms with van der Waals surface area (Å²) in [6.07, 6.45) is 3.60. The van der Waals surface area contributed by atoms with E-state index in [1.54, 1.807) is 18.2 Å². The molecule has 1 aliphatic heterocycles. The number of hydrogen-bond donors (Lipinski definition) is 4. The number of benzene rings is 1. The number of cyclic esters (lactones) is 1. The van der Waals surface area contributed by atoms with Crippen molar-refractivity contribution in [1.29, 1.82) is 0 Å². The van der Waals surface area contributed by atoms with E-state index in [2.05, 4.69) is 20.9 Å². The van der Waals surface area contributed by atoms with Crippen LogP contribution in [0.5, 0.6) is 5.75 Å². The van der Waals surface area contributed by atoms with Gasteiger partial charge in [0.15, 0.2) is 5.12 Å². The van der Waals surface area contributed by atoms with Crippen LogP contribution in [-0.4, -0.2) is 56.8 Å². The van der Waals surface area contributed by atoms with Gasteiger partial charge in [-0.15, -0.1) is 0 Å². The molecule has 0 spiro atoms. The van der Waals surface area contributed by atoms with Crippen molar-refractivity contribution in [2.24, 2.45) is 0 Å². The molecule has 2 bridgehead atoms. The molecule has 1 aliphatic rings. The Morgan fingerprint density at radius 3 is 2.60 bits per heavy atom. The number of phenols is 1. The third-order valence-electron chi connectivity index (χ3n) is 5.88. The summed E-state index contributed by atoms with van der Waals surface area (Å²) in [5.74, 6) is -3.35. The van der Waals surface area contributed by atoms with Gasteiger partial charge in [0.1, 0.15) is 35.1 Å². The first kappa shape index (κ1) is 32.0. The Balaban J connectivity index is 1.94. The Labute approximate surface area is 246 Å². The van der Waals surface area contributed by atoms with Gasteiger partial charge in [0, 0.05) is 25.2 Å². The fourth-order valence-electron chi connectivity index (χ4n) is 3.84. The van der Waals surface area contributed by atoms with E-state index < -0.39 is 41.7 Å². The van der Waals surface area contributed by atoms with E-state index in [-0.39, 0.29) is 47.3 Å². The van der Waals surface area contributed by atoms with E-state index in [1.807, 2.05) is 0 Å². The van der Waals surface area contributed by atoms with Crippen molar-refractivity contribution in [3.05, 3.63) is 83.1 Å². The number of hydrogen-bond acceptors (Lipinski definition) is 9. The topological polar surface area (TPSA) is 164 Å². The summed E-state index contributed by atoms with van der Waals surface area (Å²) in [6.45, 7) is 2.73. The van der Waals surface area contributed by atoms with Crippen molar-refractivity contribution in [1.82, 2.24) is 20.9 Å². The first-order valence-corrected chi connectivity index (χ1v) is 14.0. The van der Waals surface area contributed by atoms with E-state index in [9.17, 15) is 33.5 Å². The molecule has 0 saturated carbocycles. The predicted octanol–water partition coefficient (Wildman–Crippen LogP) is 2.45. The maximum Gasteiger partial charge on any atom is 0.329 e. The average Bonchev–Trinajstić information content (AvgIpc) is 2.94. The van der Waals surface area contributed by atoms with Crippen molar-refractivity contribution in [3.63, 3.8) is 0 Å². The van der Waals surface area contributed by atoms with Crippen molar-refractivity contribution in [2.45, 2.75) is 51.8 Å². The van der Waals surface area contributed by atoms with Crippen LogP contribution in [0.15, 0.2) is 60.3 Å². The van der Waals surface area contributed by atoms with Crippen LogP contribution in [0, 0.1) is 5.82 Å². The summed E-state index contributed by atoms with van der Waals surface area (Å²) in [5.41, 5.74) is 0.114. The Hall–Kier alpha value is -4.52. The lowest BCUT2D eigenvalue weighted by Crippen LogP contribution is -2.47. The fourth-order valence-corrected chi connectivity index (χ4v) is 4.39. The first-order chi connectivity index (χ1) is 20.0. The van der Waals surface area contributed by atoms with E-state index in [0.29, 0.717) is 17.7 Å². The van der Waals surface area contributed by atoms with Gasteiger partial charge in [0.2, 0.25) is 5.91 Å². The second kappa shape index (κ2) is 15.5. The highest BCUT2D eigenvalue weighted by Gasteiger charge is 2.28. The maximum atomic E-state index is 14.3. The van der Waals surface area contributed by atoms with Crippen molar-refractivity contribution in [2.75, 3.05) is 5.75 Å². The van der Waals surface area contributed by atoms with E-state index in [4.69, 9.17) is 4.74 Å². The summed E-state index contributed by atoms with van der Waals surface area (Å²) in [5, 5.41) is 17.1. The number of nitrogens with zero attached hydrogens (tertiary/aromatic N) is 1. The van der Waals surface area contributed by atoms with Crippen LogP contribution in [-0.2, 0) is 36.9 Å². The maximum absolute atomic E-state index is 14.3. The number of pyridine rings is 1. The molecule has 1 aromatic heterocycles. The smallest absolute Gasteiger partial charge is 0.329 e. The van der Waals surface area contributed by atoms with E-state index in [1.165, 1.54) is 38.1 Å². The Bertz CT molecular complexity index is 1390. The number of aromatic nitrogens is 1. The van der Waals surface area contributed by atoms with Crippen LogP contribution >= 0.6 is 11.8 Å². The molecular weight excluding hydrogens is 567 g/mol. The summed E-state index contributed by atoms with van der Waals surface area (Å²) >= 11 is 1.13. The van der Waals surface area contributed by atoms with E-state index in [0.717, 1.165) is 23.9 Å². The lowest BCUT2D eigenvalue weighted by Gasteiger charge is -2.22. The van der Waals surface area contributed by atoms with Gasteiger partial charge in [0.05, 0.1) is 18.7 Å². The quantitative estimate of drug-likeness (QED) is 0.169. The summed E-state index contributed by atoms with van der Waals surface area (Å²) in [7, 11) is 0. The third kappa shape index (κ3) is 10.1. The number of amides is 3. The number of carbonyl (C=O) groups is 5. The minimum Gasteiger partial charge on any atom is -0.508 e. The largest absolute Gasteiger partial charge is 0.508 e. The zero-order chi connectivity index (χ0) is 30.6. The first-order valence-electron chi connectivity index (χ1n) is 13.0. The highest BCUT2D eigenvalue weighted by molar-refractivity contribution is 8.13. The van der Waals surface area contributed by atoms with Crippen LogP contribution in [0.25, 0.3) is 0 Å². The van der Waals surface area contributed by atoms with Gasteiger partial charge >= 0.3 is 5.97 Å². The molecule has 13 heteroatoms. The number of fused-ring (bicyclic) bond motifs is 2.